The Hall–Kier alpha value is -0.0800. The van der Waals surface area contributed by atoms with Crippen LogP contribution in [0, 0.1) is 0 Å². The summed E-state index contributed by atoms with van der Waals surface area (Å²) >= 11 is 0. The van der Waals surface area contributed by atoms with Crippen LogP contribution in [0.25, 0.3) is 0 Å². The van der Waals surface area contributed by atoms with Crippen LogP contribution in [-0.4, -0.2) is 23.8 Å². The minimum absolute atomic E-state index is 0.353. The average Bonchev–Trinajstić information content (AvgIpc) is 2.63. The number of rotatable bonds is 7. The van der Waals surface area contributed by atoms with E-state index in [1.807, 2.05) is 0 Å². The molecule has 84 valence electrons. The standard InChI is InChI=1S/C12H25NO/c1-2-3-6-11-8-9-12(13-11)7-4-5-10-14/h11-14H,2-10H2,1H3/t11-,12+/m1/s1. The summed E-state index contributed by atoms with van der Waals surface area (Å²) in [6, 6.07) is 1.53. The molecule has 0 aliphatic carbocycles. The second-order valence-electron chi connectivity index (χ2n) is 4.50. The lowest BCUT2D eigenvalue weighted by molar-refractivity contribution is 0.280. The maximum Gasteiger partial charge on any atom is 0.0431 e. The summed E-state index contributed by atoms with van der Waals surface area (Å²) in [5.41, 5.74) is 0. The zero-order chi connectivity index (χ0) is 10.2. The molecule has 0 spiro atoms. The van der Waals surface area contributed by atoms with E-state index < -0.39 is 0 Å². The van der Waals surface area contributed by atoms with Crippen molar-refractivity contribution in [2.24, 2.45) is 0 Å². The monoisotopic (exact) mass is 199 g/mol. The molecule has 0 aromatic carbocycles. The molecule has 0 radical (unpaired) electrons. The Labute approximate surface area is 88.1 Å². The van der Waals surface area contributed by atoms with Crippen molar-refractivity contribution in [1.29, 1.82) is 0 Å². The summed E-state index contributed by atoms with van der Waals surface area (Å²) in [5.74, 6) is 0. The maximum atomic E-state index is 8.69. The number of nitrogens with one attached hydrogen (secondary N) is 1. The van der Waals surface area contributed by atoms with Crippen LogP contribution >= 0.6 is 0 Å². The van der Waals surface area contributed by atoms with E-state index in [0.717, 1.165) is 18.5 Å². The molecule has 0 aromatic rings. The van der Waals surface area contributed by atoms with Crippen LogP contribution in [0.2, 0.25) is 0 Å². The third kappa shape index (κ3) is 4.43. The molecule has 2 N–H and O–H groups in total. The van der Waals surface area contributed by atoms with Gasteiger partial charge in [-0.05, 0) is 38.5 Å². The molecule has 14 heavy (non-hydrogen) atoms. The molecule has 2 heteroatoms. The SMILES string of the molecule is CCCC[C@@H]1CC[C@H](CCCCO)N1. The Morgan fingerprint density at radius 2 is 1.71 bits per heavy atom. The molecular weight excluding hydrogens is 174 g/mol. The van der Waals surface area contributed by atoms with Crippen LogP contribution in [0.15, 0.2) is 0 Å². The molecule has 1 rings (SSSR count). The van der Waals surface area contributed by atoms with E-state index in [2.05, 4.69) is 12.2 Å². The zero-order valence-electron chi connectivity index (χ0n) is 9.47. The van der Waals surface area contributed by atoms with Crippen molar-refractivity contribution in [1.82, 2.24) is 5.32 Å². The van der Waals surface area contributed by atoms with E-state index in [-0.39, 0.29) is 0 Å². The third-order valence-corrected chi connectivity index (χ3v) is 3.20. The average molecular weight is 199 g/mol. The molecule has 0 bridgehead atoms. The molecule has 1 aliphatic heterocycles. The van der Waals surface area contributed by atoms with Gasteiger partial charge >= 0.3 is 0 Å². The van der Waals surface area contributed by atoms with Gasteiger partial charge in [-0.25, -0.2) is 0 Å². The number of hydrogen-bond acceptors (Lipinski definition) is 2. The first kappa shape index (κ1) is 12.0. The topological polar surface area (TPSA) is 32.3 Å². The van der Waals surface area contributed by atoms with Crippen LogP contribution in [-0.2, 0) is 0 Å². The van der Waals surface area contributed by atoms with Gasteiger partial charge in [-0.3, -0.25) is 0 Å². The van der Waals surface area contributed by atoms with E-state index in [1.54, 1.807) is 0 Å². The highest BCUT2D eigenvalue weighted by atomic mass is 16.2. The Kier molecular flexibility index (Phi) is 6.20. The molecule has 0 aromatic heterocycles. The van der Waals surface area contributed by atoms with Gasteiger partial charge in [0, 0.05) is 18.7 Å². The summed E-state index contributed by atoms with van der Waals surface area (Å²) in [6.07, 6.45) is 10.1. The van der Waals surface area contributed by atoms with Gasteiger partial charge in [0.05, 0.1) is 0 Å². The molecule has 1 saturated heterocycles. The van der Waals surface area contributed by atoms with Crippen LogP contribution in [0.3, 0.4) is 0 Å². The highest BCUT2D eigenvalue weighted by Crippen LogP contribution is 2.20. The first-order valence-electron chi connectivity index (χ1n) is 6.23. The quantitative estimate of drug-likeness (QED) is 0.617. The fraction of sp³-hybridized carbons (Fsp3) is 1.00. The van der Waals surface area contributed by atoms with Gasteiger partial charge in [-0.15, -0.1) is 0 Å². The molecule has 2 atom stereocenters. The highest BCUT2D eigenvalue weighted by Gasteiger charge is 2.22. The highest BCUT2D eigenvalue weighted by molar-refractivity contribution is 4.82. The van der Waals surface area contributed by atoms with E-state index in [0.29, 0.717) is 6.61 Å². The second-order valence-corrected chi connectivity index (χ2v) is 4.50. The van der Waals surface area contributed by atoms with Gasteiger partial charge in [0.15, 0.2) is 0 Å². The minimum atomic E-state index is 0.353. The predicted octanol–water partition coefficient (Wildman–Crippen LogP) is 2.46. The molecule has 0 saturated carbocycles. The first-order chi connectivity index (χ1) is 6.86. The molecule has 1 aliphatic rings. The Morgan fingerprint density at radius 1 is 1.07 bits per heavy atom. The smallest absolute Gasteiger partial charge is 0.0431 e. The molecule has 0 unspecified atom stereocenters. The number of unbranched alkanes of at least 4 members (excludes halogenated alkanes) is 2. The summed E-state index contributed by atoms with van der Waals surface area (Å²) in [6.45, 7) is 2.61. The van der Waals surface area contributed by atoms with Crippen molar-refractivity contribution in [3.05, 3.63) is 0 Å². The Morgan fingerprint density at radius 3 is 2.29 bits per heavy atom. The van der Waals surface area contributed by atoms with Crippen LogP contribution < -0.4 is 5.32 Å². The maximum absolute atomic E-state index is 8.69. The van der Waals surface area contributed by atoms with Gasteiger partial charge in [0.2, 0.25) is 0 Å². The Balaban J connectivity index is 2.02. The summed E-state index contributed by atoms with van der Waals surface area (Å²) in [5, 5.41) is 12.4. The van der Waals surface area contributed by atoms with Crippen molar-refractivity contribution in [3.63, 3.8) is 0 Å². The normalized spacial score (nSPS) is 27.0. The van der Waals surface area contributed by atoms with E-state index >= 15 is 0 Å². The van der Waals surface area contributed by atoms with Gasteiger partial charge < -0.3 is 10.4 Å². The van der Waals surface area contributed by atoms with Gasteiger partial charge in [-0.2, -0.15) is 0 Å². The van der Waals surface area contributed by atoms with Crippen molar-refractivity contribution in [3.8, 4) is 0 Å². The predicted molar refractivity (Wildman–Crippen MR) is 60.4 cm³/mol. The molecule has 1 heterocycles. The van der Waals surface area contributed by atoms with Crippen molar-refractivity contribution in [2.45, 2.75) is 70.4 Å². The zero-order valence-corrected chi connectivity index (χ0v) is 9.47. The Bertz CT molecular complexity index is 138. The lowest BCUT2D eigenvalue weighted by atomic mass is 10.1. The minimum Gasteiger partial charge on any atom is -0.396 e. The van der Waals surface area contributed by atoms with Crippen LogP contribution in [0.1, 0.15) is 58.3 Å². The molecule has 1 fully saturated rings. The number of aliphatic hydroxyl groups is 1. The second kappa shape index (κ2) is 7.24. The van der Waals surface area contributed by atoms with Crippen LogP contribution in [0.5, 0.6) is 0 Å². The third-order valence-electron chi connectivity index (χ3n) is 3.20. The van der Waals surface area contributed by atoms with Crippen LogP contribution in [0.4, 0.5) is 0 Å². The molecular formula is C12H25NO. The number of aliphatic hydroxyl groups excluding tert-OH is 1. The molecule has 0 amide bonds. The number of hydrogen-bond donors (Lipinski definition) is 2. The largest absolute Gasteiger partial charge is 0.396 e. The van der Waals surface area contributed by atoms with Gasteiger partial charge in [-0.1, -0.05) is 19.8 Å². The first-order valence-corrected chi connectivity index (χ1v) is 6.23. The fourth-order valence-corrected chi connectivity index (χ4v) is 2.31. The van der Waals surface area contributed by atoms with Gasteiger partial charge in [0.1, 0.15) is 0 Å². The van der Waals surface area contributed by atoms with Crippen molar-refractivity contribution >= 4 is 0 Å². The summed E-state index contributed by atoms with van der Waals surface area (Å²) in [7, 11) is 0. The van der Waals surface area contributed by atoms with Crippen molar-refractivity contribution in [2.75, 3.05) is 6.61 Å². The van der Waals surface area contributed by atoms with Crippen molar-refractivity contribution < 1.29 is 5.11 Å². The van der Waals surface area contributed by atoms with E-state index in [4.69, 9.17) is 5.11 Å². The van der Waals surface area contributed by atoms with E-state index in [1.165, 1.54) is 44.9 Å². The molecule has 2 nitrogen and oxygen atoms in total. The fourth-order valence-electron chi connectivity index (χ4n) is 2.31. The lowest BCUT2D eigenvalue weighted by Gasteiger charge is -2.13. The van der Waals surface area contributed by atoms with E-state index in [9.17, 15) is 0 Å². The summed E-state index contributed by atoms with van der Waals surface area (Å²) in [4.78, 5) is 0. The van der Waals surface area contributed by atoms with Gasteiger partial charge in [0.25, 0.3) is 0 Å². The lowest BCUT2D eigenvalue weighted by Crippen LogP contribution is -2.29. The summed E-state index contributed by atoms with van der Waals surface area (Å²) < 4.78 is 0.